The zero-order valence-corrected chi connectivity index (χ0v) is 8.51. The molecule has 1 aliphatic rings. The van der Waals surface area contributed by atoms with Crippen LogP contribution in [0.4, 0.5) is 0 Å². The van der Waals surface area contributed by atoms with Crippen LogP contribution in [0.3, 0.4) is 0 Å². The van der Waals surface area contributed by atoms with Crippen LogP contribution in [0.1, 0.15) is 39.0 Å². The minimum atomic E-state index is -0.830. The molecule has 1 rings (SSSR count). The Morgan fingerprint density at radius 3 is 2.50 bits per heavy atom. The highest BCUT2D eigenvalue weighted by atomic mass is 16.4. The molecule has 1 fully saturated rings. The molecule has 0 radical (unpaired) electrons. The van der Waals surface area contributed by atoms with Gasteiger partial charge >= 0.3 is 5.97 Å². The van der Waals surface area contributed by atoms with Gasteiger partial charge in [0.15, 0.2) is 0 Å². The summed E-state index contributed by atoms with van der Waals surface area (Å²) in [5.74, 6) is -0.957. The first-order valence-corrected chi connectivity index (χ1v) is 5.11. The van der Waals surface area contributed by atoms with Gasteiger partial charge in [0.2, 0.25) is 5.91 Å². The number of carboxylic acids is 1. The minimum absolute atomic E-state index is 0.127. The van der Waals surface area contributed by atoms with Crippen molar-refractivity contribution in [1.82, 2.24) is 5.32 Å². The van der Waals surface area contributed by atoms with Crippen LogP contribution >= 0.6 is 0 Å². The average molecular weight is 199 g/mol. The SMILES string of the molecule is CCCCNC(=O)CC1(C(=O)O)CC1. The normalized spacial score (nSPS) is 17.5. The summed E-state index contributed by atoms with van der Waals surface area (Å²) in [7, 11) is 0. The molecule has 0 heterocycles. The summed E-state index contributed by atoms with van der Waals surface area (Å²) >= 11 is 0. The predicted molar refractivity (Wildman–Crippen MR) is 51.8 cm³/mol. The quantitative estimate of drug-likeness (QED) is 0.631. The Bertz CT molecular complexity index is 234. The van der Waals surface area contributed by atoms with E-state index in [0.29, 0.717) is 19.4 Å². The van der Waals surface area contributed by atoms with Crippen molar-refractivity contribution in [2.24, 2.45) is 5.41 Å². The van der Waals surface area contributed by atoms with Gasteiger partial charge in [-0.3, -0.25) is 9.59 Å². The van der Waals surface area contributed by atoms with Crippen LogP contribution in [0.2, 0.25) is 0 Å². The summed E-state index contributed by atoms with van der Waals surface area (Å²) in [5.41, 5.74) is -0.726. The van der Waals surface area contributed by atoms with Crippen LogP contribution in [0.25, 0.3) is 0 Å². The van der Waals surface area contributed by atoms with E-state index in [1.54, 1.807) is 0 Å². The van der Waals surface area contributed by atoms with Gasteiger partial charge in [-0.2, -0.15) is 0 Å². The third kappa shape index (κ3) is 2.72. The number of hydrogen-bond donors (Lipinski definition) is 2. The molecule has 0 aromatic heterocycles. The van der Waals surface area contributed by atoms with Gasteiger partial charge in [-0.1, -0.05) is 13.3 Å². The lowest BCUT2D eigenvalue weighted by Crippen LogP contribution is -2.29. The number of carboxylic acid groups (broad SMARTS) is 1. The average Bonchev–Trinajstić information content (AvgIpc) is 2.86. The first-order chi connectivity index (χ1) is 6.60. The highest BCUT2D eigenvalue weighted by Gasteiger charge is 2.51. The van der Waals surface area contributed by atoms with Gasteiger partial charge in [-0.05, 0) is 19.3 Å². The summed E-state index contributed by atoms with van der Waals surface area (Å²) in [6.07, 6.45) is 3.41. The lowest BCUT2D eigenvalue weighted by molar-refractivity contribution is -0.145. The van der Waals surface area contributed by atoms with Crippen LogP contribution < -0.4 is 5.32 Å². The third-order valence-corrected chi connectivity index (χ3v) is 2.66. The molecule has 0 spiro atoms. The molecule has 0 aromatic carbocycles. The van der Waals surface area contributed by atoms with Gasteiger partial charge in [-0.25, -0.2) is 0 Å². The third-order valence-electron chi connectivity index (χ3n) is 2.66. The summed E-state index contributed by atoms with van der Waals surface area (Å²) in [6, 6.07) is 0. The van der Waals surface area contributed by atoms with Gasteiger partial charge in [0.1, 0.15) is 0 Å². The maximum absolute atomic E-state index is 11.3. The van der Waals surface area contributed by atoms with E-state index < -0.39 is 11.4 Å². The fourth-order valence-corrected chi connectivity index (χ4v) is 1.39. The van der Waals surface area contributed by atoms with Gasteiger partial charge in [-0.15, -0.1) is 0 Å². The number of carbonyl (C=O) groups is 2. The van der Waals surface area contributed by atoms with E-state index in [1.165, 1.54) is 0 Å². The fraction of sp³-hybridized carbons (Fsp3) is 0.800. The van der Waals surface area contributed by atoms with E-state index in [0.717, 1.165) is 12.8 Å². The van der Waals surface area contributed by atoms with E-state index in [1.807, 2.05) is 6.92 Å². The van der Waals surface area contributed by atoms with Crippen molar-refractivity contribution in [3.8, 4) is 0 Å². The molecule has 2 N–H and O–H groups in total. The number of rotatable bonds is 6. The predicted octanol–water partition coefficient (Wildman–Crippen LogP) is 1.16. The molecule has 4 nitrogen and oxygen atoms in total. The number of amides is 1. The standard InChI is InChI=1S/C10H17NO3/c1-2-3-6-11-8(12)7-10(4-5-10)9(13)14/h2-7H2,1H3,(H,11,12)(H,13,14). The largest absolute Gasteiger partial charge is 0.481 e. The number of nitrogens with one attached hydrogen (secondary N) is 1. The van der Waals surface area contributed by atoms with Crippen molar-refractivity contribution in [2.75, 3.05) is 6.54 Å². The molecule has 0 atom stereocenters. The van der Waals surface area contributed by atoms with E-state index >= 15 is 0 Å². The second-order valence-corrected chi connectivity index (χ2v) is 3.97. The van der Waals surface area contributed by atoms with Crippen LogP contribution in [0.15, 0.2) is 0 Å². The molecule has 0 aliphatic heterocycles. The van der Waals surface area contributed by atoms with Gasteiger partial charge in [0, 0.05) is 13.0 Å². The van der Waals surface area contributed by atoms with Crippen LogP contribution in [-0.2, 0) is 9.59 Å². The van der Waals surface area contributed by atoms with Crippen molar-refractivity contribution < 1.29 is 14.7 Å². The Morgan fingerprint density at radius 1 is 1.43 bits per heavy atom. The molecule has 0 aromatic rings. The molecule has 0 bridgehead atoms. The number of carbonyl (C=O) groups excluding carboxylic acids is 1. The molecule has 0 unspecified atom stereocenters. The Balaban J connectivity index is 2.24. The van der Waals surface area contributed by atoms with Gasteiger partial charge in [0.25, 0.3) is 0 Å². The second-order valence-electron chi connectivity index (χ2n) is 3.97. The first kappa shape index (κ1) is 11.0. The Labute approximate surface area is 83.7 Å². The van der Waals surface area contributed by atoms with E-state index in [9.17, 15) is 9.59 Å². The van der Waals surface area contributed by atoms with Crippen molar-refractivity contribution in [1.29, 1.82) is 0 Å². The molecular formula is C10H17NO3. The van der Waals surface area contributed by atoms with E-state index in [4.69, 9.17) is 5.11 Å². The fourth-order valence-electron chi connectivity index (χ4n) is 1.39. The van der Waals surface area contributed by atoms with Crippen molar-refractivity contribution in [3.63, 3.8) is 0 Å². The summed E-state index contributed by atoms with van der Waals surface area (Å²) in [6.45, 7) is 2.71. The Hall–Kier alpha value is -1.06. The zero-order chi connectivity index (χ0) is 10.6. The van der Waals surface area contributed by atoms with Crippen molar-refractivity contribution in [3.05, 3.63) is 0 Å². The molecule has 0 saturated heterocycles. The van der Waals surface area contributed by atoms with E-state index in [-0.39, 0.29) is 12.3 Å². The lowest BCUT2D eigenvalue weighted by atomic mass is 10.0. The molecule has 80 valence electrons. The van der Waals surface area contributed by atoms with Crippen molar-refractivity contribution in [2.45, 2.75) is 39.0 Å². The number of unbranched alkanes of at least 4 members (excludes halogenated alkanes) is 1. The summed E-state index contributed by atoms with van der Waals surface area (Å²) < 4.78 is 0. The molecule has 14 heavy (non-hydrogen) atoms. The van der Waals surface area contributed by atoms with Crippen LogP contribution in [0.5, 0.6) is 0 Å². The highest BCUT2D eigenvalue weighted by Crippen LogP contribution is 2.48. The highest BCUT2D eigenvalue weighted by molar-refractivity contribution is 5.86. The maximum atomic E-state index is 11.3. The minimum Gasteiger partial charge on any atom is -0.481 e. The summed E-state index contributed by atoms with van der Waals surface area (Å²) in [5, 5.41) is 11.6. The second kappa shape index (κ2) is 4.44. The first-order valence-electron chi connectivity index (χ1n) is 5.11. The Morgan fingerprint density at radius 2 is 2.07 bits per heavy atom. The monoisotopic (exact) mass is 199 g/mol. The van der Waals surface area contributed by atoms with Gasteiger partial charge < -0.3 is 10.4 Å². The molecule has 1 amide bonds. The summed E-state index contributed by atoms with van der Waals surface area (Å²) in [4.78, 5) is 22.1. The zero-order valence-electron chi connectivity index (χ0n) is 8.51. The van der Waals surface area contributed by atoms with Crippen molar-refractivity contribution >= 4 is 11.9 Å². The number of hydrogen-bond acceptors (Lipinski definition) is 2. The Kier molecular flexibility index (Phi) is 3.49. The van der Waals surface area contributed by atoms with Gasteiger partial charge in [0.05, 0.1) is 5.41 Å². The van der Waals surface area contributed by atoms with E-state index in [2.05, 4.69) is 5.32 Å². The van der Waals surface area contributed by atoms with Crippen LogP contribution in [-0.4, -0.2) is 23.5 Å². The molecular weight excluding hydrogens is 182 g/mol. The molecule has 1 aliphatic carbocycles. The number of aliphatic carboxylic acids is 1. The molecule has 4 heteroatoms. The lowest BCUT2D eigenvalue weighted by Gasteiger charge is -2.09. The maximum Gasteiger partial charge on any atom is 0.310 e. The molecule has 1 saturated carbocycles. The topological polar surface area (TPSA) is 66.4 Å². The smallest absolute Gasteiger partial charge is 0.310 e. The van der Waals surface area contributed by atoms with Crippen LogP contribution in [0, 0.1) is 5.41 Å².